The summed E-state index contributed by atoms with van der Waals surface area (Å²) in [5, 5.41) is 9.63. The lowest BCUT2D eigenvalue weighted by Crippen LogP contribution is -2.49. The molecule has 0 aliphatic heterocycles. The molecule has 1 fully saturated rings. The second-order valence-corrected chi connectivity index (χ2v) is 5.06. The van der Waals surface area contributed by atoms with Gasteiger partial charge in [0, 0.05) is 5.54 Å². The average molecular weight is 171 g/mol. The highest BCUT2D eigenvalue weighted by molar-refractivity contribution is 4.95. The van der Waals surface area contributed by atoms with Crippen molar-refractivity contribution in [3.05, 3.63) is 0 Å². The topological polar surface area (TPSA) is 46.2 Å². The Kier molecular flexibility index (Phi) is 2.50. The zero-order chi connectivity index (χ0) is 9.41. The fourth-order valence-corrected chi connectivity index (χ4v) is 2.57. The van der Waals surface area contributed by atoms with Crippen LogP contribution in [0.2, 0.25) is 0 Å². The molecular weight excluding hydrogens is 150 g/mol. The van der Waals surface area contributed by atoms with Crippen molar-refractivity contribution in [2.24, 2.45) is 11.1 Å². The van der Waals surface area contributed by atoms with Crippen LogP contribution < -0.4 is 5.73 Å². The van der Waals surface area contributed by atoms with Crippen molar-refractivity contribution >= 4 is 0 Å². The van der Waals surface area contributed by atoms with Crippen LogP contribution in [0.25, 0.3) is 0 Å². The molecule has 0 spiro atoms. The first-order valence-corrected chi connectivity index (χ1v) is 4.84. The molecule has 72 valence electrons. The average Bonchev–Trinajstić information content (AvgIpc) is 1.82. The summed E-state index contributed by atoms with van der Waals surface area (Å²) in [5.41, 5.74) is 6.15. The maximum atomic E-state index is 9.63. The SMILES string of the molecule is CCC1(C)CC(O)CC(C)(N)C1. The third-order valence-electron chi connectivity index (χ3n) is 3.11. The molecule has 3 atom stereocenters. The van der Waals surface area contributed by atoms with E-state index in [0.29, 0.717) is 0 Å². The van der Waals surface area contributed by atoms with Gasteiger partial charge in [-0.15, -0.1) is 0 Å². The zero-order valence-electron chi connectivity index (χ0n) is 8.43. The predicted molar refractivity (Wildman–Crippen MR) is 50.8 cm³/mol. The van der Waals surface area contributed by atoms with Crippen LogP contribution in [0.3, 0.4) is 0 Å². The van der Waals surface area contributed by atoms with Gasteiger partial charge in [-0.2, -0.15) is 0 Å². The van der Waals surface area contributed by atoms with Gasteiger partial charge in [-0.3, -0.25) is 0 Å². The lowest BCUT2D eigenvalue weighted by Gasteiger charge is -2.44. The van der Waals surface area contributed by atoms with Crippen molar-refractivity contribution < 1.29 is 5.11 Å². The molecule has 3 unspecified atom stereocenters. The van der Waals surface area contributed by atoms with Gasteiger partial charge in [-0.1, -0.05) is 20.3 Å². The Morgan fingerprint density at radius 1 is 1.42 bits per heavy atom. The first-order chi connectivity index (χ1) is 5.37. The van der Waals surface area contributed by atoms with Gasteiger partial charge in [0.2, 0.25) is 0 Å². The van der Waals surface area contributed by atoms with Crippen molar-refractivity contribution in [3.63, 3.8) is 0 Å². The van der Waals surface area contributed by atoms with E-state index in [1.54, 1.807) is 0 Å². The largest absolute Gasteiger partial charge is 0.393 e. The van der Waals surface area contributed by atoms with Crippen LogP contribution >= 0.6 is 0 Å². The van der Waals surface area contributed by atoms with Gasteiger partial charge in [-0.05, 0) is 31.6 Å². The molecule has 0 heterocycles. The highest BCUT2D eigenvalue weighted by Gasteiger charge is 2.39. The Labute approximate surface area is 75.2 Å². The number of hydrogen-bond acceptors (Lipinski definition) is 2. The van der Waals surface area contributed by atoms with Gasteiger partial charge in [-0.25, -0.2) is 0 Å². The number of nitrogens with two attached hydrogens (primary N) is 1. The van der Waals surface area contributed by atoms with Gasteiger partial charge in [0.15, 0.2) is 0 Å². The summed E-state index contributed by atoms with van der Waals surface area (Å²) in [6.07, 6.45) is 3.61. The smallest absolute Gasteiger partial charge is 0.0562 e. The van der Waals surface area contributed by atoms with Crippen LogP contribution in [0.15, 0.2) is 0 Å². The molecule has 1 aliphatic rings. The minimum absolute atomic E-state index is 0.164. The molecule has 1 rings (SSSR count). The van der Waals surface area contributed by atoms with Gasteiger partial charge in [0.1, 0.15) is 0 Å². The van der Waals surface area contributed by atoms with Crippen LogP contribution in [0.4, 0.5) is 0 Å². The van der Waals surface area contributed by atoms with E-state index in [1.165, 1.54) is 0 Å². The monoisotopic (exact) mass is 171 g/mol. The molecule has 0 bridgehead atoms. The van der Waals surface area contributed by atoms with Crippen molar-refractivity contribution in [1.82, 2.24) is 0 Å². The van der Waals surface area contributed by atoms with E-state index in [9.17, 15) is 5.11 Å². The quantitative estimate of drug-likeness (QED) is 0.630. The molecule has 2 nitrogen and oxygen atoms in total. The Balaban J connectivity index is 2.70. The van der Waals surface area contributed by atoms with E-state index in [1.807, 2.05) is 6.92 Å². The molecule has 0 amide bonds. The van der Waals surface area contributed by atoms with Crippen LogP contribution in [-0.2, 0) is 0 Å². The Morgan fingerprint density at radius 2 is 2.00 bits per heavy atom. The summed E-state index contributed by atoms with van der Waals surface area (Å²) in [4.78, 5) is 0. The second-order valence-electron chi connectivity index (χ2n) is 5.06. The maximum absolute atomic E-state index is 9.63. The molecule has 2 heteroatoms. The van der Waals surface area contributed by atoms with Crippen LogP contribution in [0.5, 0.6) is 0 Å². The van der Waals surface area contributed by atoms with Gasteiger partial charge in [0.05, 0.1) is 6.10 Å². The lowest BCUT2D eigenvalue weighted by atomic mass is 9.66. The minimum atomic E-state index is -0.196. The zero-order valence-corrected chi connectivity index (χ0v) is 8.43. The molecule has 0 saturated heterocycles. The fourth-order valence-electron chi connectivity index (χ4n) is 2.57. The molecule has 3 N–H and O–H groups in total. The van der Waals surface area contributed by atoms with E-state index >= 15 is 0 Å². The Hall–Kier alpha value is -0.0800. The van der Waals surface area contributed by atoms with Crippen LogP contribution in [0, 0.1) is 5.41 Å². The molecule has 12 heavy (non-hydrogen) atoms. The van der Waals surface area contributed by atoms with Gasteiger partial charge in [0.25, 0.3) is 0 Å². The summed E-state index contributed by atoms with van der Waals surface area (Å²) < 4.78 is 0. The minimum Gasteiger partial charge on any atom is -0.393 e. The number of hydrogen-bond donors (Lipinski definition) is 2. The first kappa shape index (κ1) is 10.0. The van der Waals surface area contributed by atoms with E-state index in [2.05, 4.69) is 13.8 Å². The number of aliphatic hydroxyl groups excluding tert-OH is 1. The fraction of sp³-hybridized carbons (Fsp3) is 1.00. The first-order valence-electron chi connectivity index (χ1n) is 4.84. The van der Waals surface area contributed by atoms with E-state index in [-0.39, 0.29) is 17.1 Å². The molecular formula is C10H21NO. The maximum Gasteiger partial charge on any atom is 0.0562 e. The summed E-state index contributed by atoms with van der Waals surface area (Å²) in [6, 6.07) is 0. The summed E-state index contributed by atoms with van der Waals surface area (Å²) in [5.74, 6) is 0. The van der Waals surface area contributed by atoms with Crippen molar-refractivity contribution in [2.45, 2.75) is 58.1 Å². The van der Waals surface area contributed by atoms with E-state index in [4.69, 9.17) is 5.73 Å². The third kappa shape index (κ3) is 2.20. The van der Waals surface area contributed by atoms with E-state index < -0.39 is 0 Å². The number of rotatable bonds is 1. The normalized spacial score (nSPS) is 49.2. The molecule has 1 saturated carbocycles. The van der Waals surface area contributed by atoms with Crippen molar-refractivity contribution in [1.29, 1.82) is 0 Å². The standard InChI is InChI=1S/C10H21NO/c1-4-9(2)5-8(12)6-10(3,11)7-9/h8,12H,4-7,11H2,1-3H3. The molecule has 0 aromatic rings. The molecule has 0 aromatic carbocycles. The third-order valence-corrected chi connectivity index (χ3v) is 3.11. The van der Waals surface area contributed by atoms with Crippen molar-refractivity contribution in [3.8, 4) is 0 Å². The lowest BCUT2D eigenvalue weighted by molar-refractivity contribution is 0.0162. The highest BCUT2D eigenvalue weighted by atomic mass is 16.3. The van der Waals surface area contributed by atoms with E-state index in [0.717, 1.165) is 25.7 Å². The van der Waals surface area contributed by atoms with Crippen LogP contribution in [-0.4, -0.2) is 16.7 Å². The summed E-state index contributed by atoms with van der Waals surface area (Å²) in [6.45, 7) is 6.44. The van der Waals surface area contributed by atoms with Gasteiger partial charge >= 0.3 is 0 Å². The van der Waals surface area contributed by atoms with Gasteiger partial charge < -0.3 is 10.8 Å². The predicted octanol–water partition coefficient (Wildman–Crippen LogP) is 1.66. The second kappa shape index (κ2) is 3.00. The summed E-state index contributed by atoms with van der Waals surface area (Å²) >= 11 is 0. The molecule has 1 aliphatic carbocycles. The molecule has 0 radical (unpaired) electrons. The highest BCUT2D eigenvalue weighted by Crippen LogP contribution is 2.42. The number of aliphatic hydroxyl groups is 1. The summed E-state index contributed by atoms with van der Waals surface area (Å²) in [7, 11) is 0. The Bertz CT molecular complexity index is 167. The van der Waals surface area contributed by atoms with Crippen LogP contribution in [0.1, 0.15) is 46.5 Å². The van der Waals surface area contributed by atoms with Crippen molar-refractivity contribution in [2.75, 3.05) is 0 Å². The molecule has 0 aromatic heterocycles. The Morgan fingerprint density at radius 3 is 2.42 bits per heavy atom.